The molecule has 0 unspecified atom stereocenters. The number of amides is 2. The molecule has 0 saturated carbocycles. The topological polar surface area (TPSA) is 88.9 Å². The van der Waals surface area contributed by atoms with Crippen LogP contribution in [0.4, 0.5) is 0 Å². The molecule has 0 fully saturated rings. The summed E-state index contributed by atoms with van der Waals surface area (Å²) in [7, 11) is 0. The fraction of sp³-hybridized carbons (Fsp3) is 0. The van der Waals surface area contributed by atoms with E-state index < -0.39 is 11.8 Å². The lowest BCUT2D eigenvalue weighted by Gasteiger charge is -2.08. The molecule has 2 amide bonds. The molecule has 0 aliphatic heterocycles. The van der Waals surface area contributed by atoms with Crippen molar-refractivity contribution in [3.05, 3.63) is 77.5 Å². The van der Waals surface area contributed by atoms with Gasteiger partial charge in [-0.1, -0.05) is 11.6 Å². The molecule has 24 heavy (non-hydrogen) atoms. The minimum atomic E-state index is -0.470. The number of nitrogens with zero attached hydrogens (tertiary/aromatic N) is 3. The standard InChI is InChI=1S/C16H12ClN5O2/c17-13-4-1-11(2-5-13)15(23)20-21-16(24)12-3-6-14(19-9-12)22-8-7-18-10-22/h1-10H,(H,20,23)(H,21,24). The summed E-state index contributed by atoms with van der Waals surface area (Å²) in [6.45, 7) is 0. The SMILES string of the molecule is O=C(NNC(=O)c1ccc(-n2ccnc2)nc1)c1ccc(Cl)cc1. The van der Waals surface area contributed by atoms with Crippen LogP contribution in [0.25, 0.3) is 5.82 Å². The van der Waals surface area contributed by atoms with E-state index >= 15 is 0 Å². The molecule has 2 heterocycles. The highest BCUT2D eigenvalue weighted by atomic mass is 35.5. The predicted molar refractivity (Wildman–Crippen MR) is 87.7 cm³/mol. The number of rotatable bonds is 3. The van der Waals surface area contributed by atoms with E-state index in [9.17, 15) is 9.59 Å². The van der Waals surface area contributed by atoms with Crippen molar-refractivity contribution in [1.82, 2.24) is 25.4 Å². The molecule has 7 nitrogen and oxygen atoms in total. The average Bonchev–Trinajstić information content (AvgIpc) is 3.15. The van der Waals surface area contributed by atoms with E-state index in [1.165, 1.54) is 6.20 Å². The molecule has 0 saturated heterocycles. The lowest BCUT2D eigenvalue weighted by Crippen LogP contribution is -2.41. The van der Waals surface area contributed by atoms with Crippen molar-refractivity contribution in [3.63, 3.8) is 0 Å². The van der Waals surface area contributed by atoms with E-state index in [4.69, 9.17) is 11.6 Å². The summed E-state index contributed by atoms with van der Waals surface area (Å²) in [5.74, 6) is -0.278. The Morgan fingerprint density at radius 1 is 0.958 bits per heavy atom. The van der Waals surface area contributed by atoms with Crippen LogP contribution < -0.4 is 10.9 Å². The van der Waals surface area contributed by atoms with Gasteiger partial charge in [0.05, 0.1) is 5.56 Å². The van der Waals surface area contributed by atoms with Crippen molar-refractivity contribution in [2.24, 2.45) is 0 Å². The summed E-state index contributed by atoms with van der Waals surface area (Å²) >= 11 is 5.76. The minimum Gasteiger partial charge on any atom is -0.291 e. The number of pyridine rings is 1. The number of hydrogen-bond acceptors (Lipinski definition) is 4. The molecule has 0 spiro atoms. The van der Waals surface area contributed by atoms with Gasteiger partial charge in [-0.3, -0.25) is 25.0 Å². The summed E-state index contributed by atoms with van der Waals surface area (Å²) in [5.41, 5.74) is 5.37. The van der Waals surface area contributed by atoms with E-state index in [-0.39, 0.29) is 0 Å². The van der Waals surface area contributed by atoms with E-state index in [0.717, 1.165) is 0 Å². The summed E-state index contributed by atoms with van der Waals surface area (Å²) < 4.78 is 1.71. The van der Waals surface area contributed by atoms with Gasteiger partial charge in [-0.05, 0) is 36.4 Å². The summed E-state index contributed by atoms with van der Waals surface area (Å²) in [5, 5.41) is 0.527. The van der Waals surface area contributed by atoms with Crippen molar-refractivity contribution < 1.29 is 9.59 Å². The molecular formula is C16H12ClN5O2. The first-order chi connectivity index (χ1) is 11.6. The molecule has 2 N–H and O–H groups in total. The fourth-order valence-corrected chi connectivity index (χ4v) is 2.05. The average molecular weight is 342 g/mol. The Hall–Kier alpha value is -3.19. The van der Waals surface area contributed by atoms with Gasteiger partial charge in [0.15, 0.2) is 0 Å². The predicted octanol–water partition coefficient (Wildman–Crippen LogP) is 2.00. The Kier molecular flexibility index (Phi) is 4.53. The first-order valence-corrected chi connectivity index (χ1v) is 7.32. The Morgan fingerprint density at radius 3 is 2.21 bits per heavy atom. The van der Waals surface area contributed by atoms with Crippen molar-refractivity contribution in [2.45, 2.75) is 0 Å². The van der Waals surface area contributed by atoms with E-state index in [0.29, 0.717) is 22.0 Å². The normalized spacial score (nSPS) is 10.2. The quantitative estimate of drug-likeness (QED) is 0.713. The van der Waals surface area contributed by atoms with Gasteiger partial charge in [-0.2, -0.15) is 0 Å². The van der Waals surface area contributed by atoms with Crippen LogP contribution in [0.5, 0.6) is 0 Å². The second-order valence-corrected chi connectivity index (χ2v) is 5.23. The second kappa shape index (κ2) is 6.93. The Balaban J connectivity index is 1.60. The molecule has 0 atom stereocenters. The maximum absolute atomic E-state index is 12.0. The molecule has 0 bridgehead atoms. The Bertz CT molecular complexity index is 845. The lowest BCUT2D eigenvalue weighted by molar-refractivity contribution is 0.0846. The van der Waals surface area contributed by atoms with Crippen LogP contribution in [0.1, 0.15) is 20.7 Å². The Labute approximate surface area is 142 Å². The fourth-order valence-electron chi connectivity index (χ4n) is 1.93. The molecule has 120 valence electrons. The van der Waals surface area contributed by atoms with Crippen LogP contribution in [0.15, 0.2) is 61.3 Å². The summed E-state index contributed by atoms with van der Waals surface area (Å²) in [6, 6.07) is 9.59. The zero-order valence-electron chi connectivity index (χ0n) is 12.3. The highest BCUT2D eigenvalue weighted by Gasteiger charge is 2.10. The molecule has 2 aromatic heterocycles. The first kappa shape index (κ1) is 15.7. The molecule has 1 aromatic carbocycles. The van der Waals surface area contributed by atoms with E-state index in [2.05, 4.69) is 20.8 Å². The number of benzene rings is 1. The molecule has 8 heteroatoms. The monoisotopic (exact) mass is 341 g/mol. The number of aromatic nitrogens is 3. The van der Waals surface area contributed by atoms with Crippen LogP contribution in [0.3, 0.4) is 0 Å². The van der Waals surface area contributed by atoms with Crippen LogP contribution in [-0.2, 0) is 0 Å². The van der Waals surface area contributed by atoms with Gasteiger partial charge in [-0.25, -0.2) is 9.97 Å². The minimum absolute atomic E-state index is 0.315. The maximum atomic E-state index is 12.0. The van der Waals surface area contributed by atoms with Gasteiger partial charge in [-0.15, -0.1) is 0 Å². The Morgan fingerprint density at radius 2 is 1.62 bits per heavy atom. The number of hydrogen-bond donors (Lipinski definition) is 2. The smallest absolute Gasteiger partial charge is 0.271 e. The largest absolute Gasteiger partial charge is 0.291 e. The molecular weight excluding hydrogens is 330 g/mol. The molecule has 3 aromatic rings. The van der Waals surface area contributed by atoms with Gasteiger partial charge < -0.3 is 0 Å². The third-order valence-corrected chi connectivity index (χ3v) is 3.43. The number of hydrazine groups is 1. The van der Waals surface area contributed by atoms with Gasteiger partial charge in [0, 0.05) is 29.2 Å². The molecule has 0 aliphatic carbocycles. The van der Waals surface area contributed by atoms with Crippen LogP contribution >= 0.6 is 11.6 Å². The zero-order chi connectivity index (χ0) is 16.9. The third-order valence-electron chi connectivity index (χ3n) is 3.17. The third kappa shape index (κ3) is 3.58. The first-order valence-electron chi connectivity index (χ1n) is 6.94. The van der Waals surface area contributed by atoms with E-state index in [1.807, 2.05) is 0 Å². The summed E-state index contributed by atoms with van der Waals surface area (Å²) in [6.07, 6.45) is 6.40. The maximum Gasteiger partial charge on any atom is 0.271 e. The highest BCUT2D eigenvalue weighted by Crippen LogP contribution is 2.09. The van der Waals surface area contributed by atoms with Crippen molar-refractivity contribution >= 4 is 23.4 Å². The van der Waals surface area contributed by atoms with E-state index in [1.54, 1.807) is 59.7 Å². The number of carbonyl (C=O) groups is 2. The number of nitrogens with one attached hydrogen (secondary N) is 2. The van der Waals surface area contributed by atoms with Crippen molar-refractivity contribution in [1.29, 1.82) is 0 Å². The van der Waals surface area contributed by atoms with Gasteiger partial charge >= 0.3 is 0 Å². The van der Waals surface area contributed by atoms with Crippen molar-refractivity contribution in [2.75, 3.05) is 0 Å². The zero-order valence-corrected chi connectivity index (χ0v) is 13.1. The second-order valence-electron chi connectivity index (χ2n) is 4.79. The van der Waals surface area contributed by atoms with Gasteiger partial charge in [0.1, 0.15) is 12.1 Å². The lowest BCUT2D eigenvalue weighted by atomic mass is 10.2. The number of carbonyl (C=O) groups excluding carboxylic acids is 2. The van der Waals surface area contributed by atoms with Crippen LogP contribution in [-0.4, -0.2) is 26.3 Å². The summed E-state index contributed by atoms with van der Waals surface area (Å²) in [4.78, 5) is 32.0. The number of halogens is 1. The van der Waals surface area contributed by atoms with Crippen LogP contribution in [0, 0.1) is 0 Å². The van der Waals surface area contributed by atoms with Crippen LogP contribution in [0.2, 0.25) is 5.02 Å². The molecule has 0 radical (unpaired) electrons. The molecule has 0 aliphatic rings. The highest BCUT2D eigenvalue weighted by molar-refractivity contribution is 6.30. The van der Waals surface area contributed by atoms with Crippen molar-refractivity contribution in [3.8, 4) is 5.82 Å². The van der Waals surface area contributed by atoms with Gasteiger partial charge in [0.25, 0.3) is 11.8 Å². The molecule has 3 rings (SSSR count). The number of imidazole rings is 1. The van der Waals surface area contributed by atoms with Gasteiger partial charge in [0.2, 0.25) is 0 Å².